The molecule has 0 saturated carbocycles. The number of benzene rings is 2. The number of aromatic nitrogens is 3. The van der Waals surface area contributed by atoms with Crippen molar-refractivity contribution in [3.8, 4) is 23.1 Å². The molecule has 1 atom stereocenters. The van der Waals surface area contributed by atoms with E-state index in [1.165, 1.54) is 6.07 Å². The van der Waals surface area contributed by atoms with Crippen LogP contribution in [0.5, 0.6) is 6.01 Å². The van der Waals surface area contributed by atoms with Gasteiger partial charge < -0.3 is 19.9 Å². The molecule has 7 nitrogen and oxygen atoms in total. The first-order chi connectivity index (χ1) is 15.3. The summed E-state index contributed by atoms with van der Waals surface area (Å²) in [7, 11) is 0. The quantitative estimate of drug-likeness (QED) is 0.461. The van der Waals surface area contributed by atoms with E-state index in [-0.39, 0.29) is 24.5 Å². The van der Waals surface area contributed by atoms with E-state index >= 15 is 0 Å². The number of anilines is 1. The van der Waals surface area contributed by atoms with Crippen molar-refractivity contribution in [2.24, 2.45) is 5.92 Å². The normalized spacial score (nSPS) is 12.4. The Morgan fingerprint density at radius 3 is 2.41 bits per heavy atom. The Bertz CT molecular complexity index is 989. The van der Waals surface area contributed by atoms with Crippen molar-refractivity contribution >= 4 is 5.69 Å². The van der Waals surface area contributed by atoms with Gasteiger partial charge in [-0.3, -0.25) is 0 Å². The molecule has 0 bridgehead atoms. The van der Waals surface area contributed by atoms with Crippen LogP contribution in [0.3, 0.4) is 0 Å². The maximum atomic E-state index is 14.5. The van der Waals surface area contributed by atoms with Crippen molar-refractivity contribution in [1.82, 2.24) is 14.8 Å². The molecular weight excluding hydrogens is 411 g/mol. The van der Waals surface area contributed by atoms with Crippen LogP contribution in [0.2, 0.25) is 0 Å². The lowest BCUT2D eigenvalue weighted by atomic mass is 10.2. The number of nitrogens with one attached hydrogen (secondary N) is 1. The molecule has 1 heterocycles. The predicted molar refractivity (Wildman–Crippen MR) is 123 cm³/mol. The average molecular weight is 443 g/mol. The maximum Gasteiger partial charge on any atom is 0.336 e. The van der Waals surface area contributed by atoms with E-state index in [4.69, 9.17) is 9.47 Å². The summed E-state index contributed by atoms with van der Waals surface area (Å²) >= 11 is 0. The van der Waals surface area contributed by atoms with Crippen LogP contribution in [0.15, 0.2) is 48.5 Å². The number of hydrogen-bond donors (Lipinski definition) is 2. The Hall–Kier alpha value is -2.97. The molecule has 1 unspecified atom stereocenters. The van der Waals surface area contributed by atoms with Gasteiger partial charge in [0, 0.05) is 12.2 Å². The van der Waals surface area contributed by atoms with E-state index in [0.717, 1.165) is 5.69 Å². The summed E-state index contributed by atoms with van der Waals surface area (Å²) in [6, 6.07) is 14.1. The van der Waals surface area contributed by atoms with Gasteiger partial charge in [-0.15, -0.1) is 5.10 Å². The molecule has 1 aromatic heterocycles. The Labute approximate surface area is 188 Å². The molecule has 0 amide bonds. The molecule has 2 N–H and O–H groups in total. The van der Waals surface area contributed by atoms with Gasteiger partial charge in [0.1, 0.15) is 5.82 Å². The van der Waals surface area contributed by atoms with Crippen LogP contribution in [0.4, 0.5) is 10.1 Å². The number of rotatable bonds is 11. The molecule has 32 heavy (non-hydrogen) atoms. The number of ether oxygens (including phenoxy) is 2. The van der Waals surface area contributed by atoms with Gasteiger partial charge in [-0.25, -0.2) is 9.07 Å². The molecule has 172 valence electrons. The lowest BCUT2D eigenvalue weighted by Crippen LogP contribution is -2.26. The molecule has 3 rings (SSSR count). The molecule has 3 aromatic rings. The van der Waals surface area contributed by atoms with Gasteiger partial charge in [0.05, 0.1) is 36.7 Å². The van der Waals surface area contributed by atoms with Gasteiger partial charge in [-0.1, -0.05) is 26.0 Å². The summed E-state index contributed by atoms with van der Waals surface area (Å²) in [4.78, 5) is 4.43. The van der Waals surface area contributed by atoms with E-state index in [0.29, 0.717) is 36.1 Å². The third kappa shape index (κ3) is 6.51. The molecule has 8 heteroatoms. The van der Waals surface area contributed by atoms with Gasteiger partial charge in [0.25, 0.3) is 0 Å². The highest BCUT2D eigenvalue weighted by Gasteiger charge is 2.18. The molecule has 0 spiro atoms. The smallest absolute Gasteiger partial charge is 0.336 e. The van der Waals surface area contributed by atoms with Gasteiger partial charge in [0.2, 0.25) is 0 Å². The average Bonchev–Trinajstić information content (AvgIpc) is 3.19. The van der Waals surface area contributed by atoms with Crippen molar-refractivity contribution in [3.05, 3.63) is 54.3 Å². The lowest BCUT2D eigenvalue weighted by Gasteiger charge is -2.15. The summed E-state index contributed by atoms with van der Waals surface area (Å²) < 4.78 is 27.2. The SMILES string of the molecule is CC(C)COc1nc(-c2ccccc2F)n(-c2ccc(NCC(O)COC(C)C)cc2)n1. The Morgan fingerprint density at radius 2 is 1.75 bits per heavy atom. The van der Waals surface area contributed by atoms with Crippen molar-refractivity contribution in [3.63, 3.8) is 0 Å². The highest BCUT2D eigenvalue weighted by molar-refractivity contribution is 5.60. The minimum Gasteiger partial charge on any atom is -0.462 e. The fraction of sp³-hybridized carbons (Fsp3) is 0.417. The van der Waals surface area contributed by atoms with Crippen molar-refractivity contribution in [2.75, 3.05) is 25.1 Å². The second kappa shape index (κ2) is 11.1. The molecular formula is C24H31FN4O3. The number of aliphatic hydroxyl groups is 1. The minimum absolute atomic E-state index is 0.0738. The van der Waals surface area contributed by atoms with Gasteiger partial charge in [-0.2, -0.15) is 4.98 Å². The molecule has 0 fully saturated rings. The van der Waals surface area contributed by atoms with Crippen LogP contribution in [0.1, 0.15) is 27.7 Å². The van der Waals surface area contributed by atoms with Crippen molar-refractivity contribution in [2.45, 2.75) is 39.9 Å². The van der Waals surface area contributed by atoms with Crippen molar-refractivity contribution in [1.29, 1.82) is 0 Å². The Kier molecular flexibility index (Phi) is 8.19. The third-order valence-corrected chi connectivity index (χ3v) is 4.52. The first-order valence-corrected chi connectivity index (χ1v) is 10.8. The highest BCUT2D eigenvalue weighted by Crippen LogP contribution is 2.26. The summed E-state index contributed by atoms with van der Waals surface area (Å²) in [6.07, 6.45) is -0.537. The summed E-state index contributed by atoms with van der Waals surface area (Å²) in [6.45, 7) is 9.02. The standard InChI is InChI=1S/C24H31FN4O3/c1-16(2)14-32-24-27-23(21-7-5-6-8-22(21)25)29(28-24)19-11-9-18(10-12-19)26-13-20(30)15-31-17(3)4/h5-12,16-17,20,26,30H,13-15H2,1-4H3. The van der Waals surface area contributed by atoms with Gasteiger partial charge in [-0.05, 0) is 56.2 Å². The molecule has 0 aliphatic carbocycles. The molecule has 0 radical (unpaired) electrons. The second-order valence-electron chi connectivity index (χ2n) is 8.28. The molecule has 0 aliphatic heterocycles. The van der Waals surface area contributed by atoms with Crippen LogP contribution in [-0.4, -0.2) is 51.8 Å². The second-order valence-corrected chi connectivity index (χ2v) is 8.28. The largest absolute Gasteiger partial charge is 0.462 e. The first-order valence-electron chi connectivity index (χ1n) is 10.8. The summed E-state index contributed by atoms with van der Waals surface area (Å²) in [5.41, 5.74) is 1.89. The van der Waals surface area contributed by atoms with E-state index < -0.39 is 6.10 Å². The van der Waals surface area contributed by atoms with Crippen LogP contribution in [0, 0.1) is 11.7 Å². The fourth-order valence-electron chi connectivity index (χ4n) is 2.91. The summed E-state index contributed by atoms with van der Waals surface area (Å²) in [5.74, 6) is 0.293. The van der Waals surface area contributed by atoms with Crippen molar-refractivity contribution < 1.29 is 19.0 Å². The molecule has 2 aromatic carbocycles. The van der Waals surface area contributed by atoms with Crippen LogP contribution < -0.4 is 10.1 Å². The molecule has 0 aliphatic rings. The number of halogens is 1. The zero-order valence-corrected chi connectivity index (χ0v) is 19.0. The Morgan fingerprint density at radius 1 is 1.03 bits per heavy atom. The highest BCUT2D eigenvalue weighted by atomic mass is 19.1. The number of aliphatic hydroxyl groups excluding tert-OH is 1. The minimum atomic E-state index is -0.610. The third-order valence-electron chi connectivity index (χ3n) is 4.52. The van der Waals surface area contributed by atoms with E-state index in [2.05, 4.69) is 15.4 Å². The monoisotopic (exact) mass is 442 g/mol. The van der Waals surface area contributed by atoms with Gasteiger partial charge >= 0.3 is 6.01 Å². The Balaban J connectivity index is 1.79. The zero-order valence-electron chi connectivity index (χ0n) is 19.0. The number of hydrogen-bond acceptors (Lipinski definition) is 6. The first kappa shape index (κ1) is 23.7. The van der Waals surface area contributed by atoms with E-state index in [1.54, 1.807) is 22.9 Å². The zero-order chi connectivity index (χ0) is 23.1. The maximum absolute atomic E-state index is 14.5. The van der Waals surface area contributed by atoms with Crippen LogP contribution >= 0.6 is 0 Å². The predicted octanol–water partition coefficient (Wildman–Crippen LogP) is 4.31. The van der Waals surface area contributed by atoms with Gasteiger partial charge in [0.15, 0.2) is 5.82 Å². The molecule has 0 saturated heterocycles. The fourth-order valence-corrected chi connectivity index (χ4v) is 2.91. The van der Waals surface area contributed by atoms with Crippen LogP contribution in [-0.2, 0) is 4.74 Å². The van der Waals surface area contributed by atoms with E-state index in [1.807, 2.05) is 52.0 Å². The topological polar surface area (TPSA) is 81.4 Å². The van der Waals surface area contributed by atoms with Crippen LogP contribution in [0.25, 0.3) is 17.1 Å². The lowest BCUT2D eigenvalue weighted by molar-refractivity contribution is 0.0112. The summed E-state index contributed by atoms with van der Waals surface area (Å²) in [5, 5.41) is 17.6. The number of nitrogens with zero attached hydrogens (tertiary/aromatic N) is 3. The van der Waals surface area contributed by atoms with E-state index in [9.17, 15) is 9.50 Å².